The lowest BCUT2D eigenvalue weighted by molar-refractivity contribution is 0.436. The molecule has 1 saturated heterocycles. The molecule has 0 aromatic heterocycles. The number of aromatic hydroxyl groups is 1. The fraction of sp³-hybridized carbons (Fsp3) is 0.455. The Kier molecular flexibility index (Phi) is 3.44. The summed E-state index contributed by atoms with van der Waals surface area (Å²) in [5.74, 6) is -1.46. The maximum atomic E-state index is 13.7. The Morgan fingerprint density at radius 1 is 1.50 bits per heavy atom. The monoisotopic (exact) mass is 291 g/mol. The Hall–Kier alpha value is -0.680. The number of halogens is 3. The third-order valence-electron chi connectivity index (χ3n) is 2.90. The summed E-state index contributed by atoms with van der Waals surface area (Å²) >= 11 is 2.84. The van der Waals surface area contributed by atoms with Crippen molar-refractivity contribution in [2.75, 3.05) is 13.1 Å². The zero-order valence-corrected chi connectivity index (χ0v) is 10.2. The molecule has 0 radical (unpaired) electrons. The zero-order valence-electron chi connectivity index (χ0n) is 8.56. The van der Waals surface area contributed by atoms with Gasteiger partial charge < -0.3 is 10.4 Å². The van der Waals surface area contributed by atoms with E-state index in [9.17, 15) is 13.9 Å². The molecule has 1 heterocycles. The molecule has 1 fully saturated rings. The first-order valence-electron chi connectivity index (χ1n) is 5.15. The number of rotatable bonds is 2. The van der Waals surface area contributed by atoms with Gasteiger partial charge in [-0.15, -0.1) is 0 Å². The first-order valence-corrected chi connectivity index (χ1v) is 5.95. The third kappa shape index (κ3) is 2.20. The van der Waals surface area contributed by atoms with E-state index < -0.39 is 11.6 Å². The number of hydrogen-bond acceptors (Lipinski definition) is 2. The van der Waals surface area contributed by atoms with Crippen molar-refractivity contribution in [3.8, 4) is 5.75 Å². The van der Waals surface area contributed by atoms with Crippen LogP contribution in [0.3, 0.4) is 0 Å². The van der Waals surface area contributed by atoms with E-state index in [1.807, 2.05) is 0 Å². The minimum absolute atomic E-state index is 0.196. The molecule has 2 nitrogen and oxygen atoms in total. The highest BCUT2D eigenvalue weighted by Gasteiger charge is 2.22. The van der Waals surface area contributed by atoms with E-state index in [0.717, 1.165) is 25.6 Å². The summed E-state index contributed by atoms with van der Waals surface area (Å²) in [7, 11) is 0. The van der Waals surface area contributed by atoms with Gasteiger partial charge in [-0.25, -0.2) is 8.78 Å². The SMILES string of the molecule is Oc1cc(F)c(Br)c(F)c1CC1CCNC1. The van der Waals surface area contributed by atoms with E-state index in [0.29, 0.717) is 12.3 Å². The van der Waals surface area contributed by atoms with Crippen LogP contribution in [0.15, 0.2) is 10.5 Å². The molecule has 0 aliphatic carbocycles. The molecule has 88 valence electrons. The number of nitrogens with one attached hydrogen (secondary N) is 1. The molecular formula is C11H12BrF2NO. The maximum Gasteiger partial charge on any atom is 0.147 e. The summed E-state index contributed by atoms with van der Waals surface area (Å²) in [6.07, 6.45) is 1.39. The van der Waals surface area contributed by atoms with Crippen molar-refractivity contribution in [1.82, 2.24) is 5.32 Å². The van der Waals surface area contributed by atoms with E-state index in [1.165, 1.54) is 0 Å². The quantitative estimate of drug-likeness (QED) is 0.821. The Labute approximate surface area is 101 Å². The molecule has 0 spiro atoms. The molecule has 1 atom stereocenters. The highest BCUT2D eigenvalue weighted by Crippen LogP contribution is 2.32. The zero-order chi connectivity index (χ0) is 11.7. The molecule has 0 saturated carbocycles. The molecular weight excluding hydrogens is 280 g/mol. The van der Waals surface area contributed by atoms with Gasteiger partial charge in [-0.1, -0.05) is 0 Å². The molecule has 1 aromatic rings. The van der Waals surface area contributed by atoms with Crippen molar-refractivity contribution in [2.45, 2.75) is 12.8 Å². The normalized spacial score (nSPS) is 20.3. The van der Waals surface area contributed by atoms with Gasteiger partial charge in [0.05, 0.1) is 4.47 Å². The van der Waals surface area contributed by atoms with Crippen molar-refractivity contribution >= 4 is 15.9 Å². The lowest BCUT2D eigenvalue weighted by atomic mass is 9.97. The molecule has 2 rings (SSSR count). The lowest BCUT2D eigenvalue weighted by Crippen LogP contribution is -2.12. The minimum Gasteiger partial charge on any atom is -0.507 e. The largest absolute Gasteiger partial charge is 0.507 e. The van der Waals surface area contributed by atoms with E-state index in [-0.39, 0.29) is 15.8 Å². The van der Waals surface area contributed by atoms with Crippen LogP contribution in [0, 0.1) is 17.6 Å². The second kappa shape index (κ2) is 4.67. The number of hydrogen-bond donors (Lipinski definition) is 2. The second-order valence-electron chi connectivity index (χ2n) is 4.05. The second-order valence-corrected chi connectivity index (χ2v) is 4.84. The van der Waals surface area contributed by atoms with Gasteiger partial charge in [0.25, 0.3) is 0 Å². The molecule has 0 bridgehead atoms. The lowest BCUT2D eigenvalue weighted by Gasteiger charge is -2.12. The smallest absolute Gasteiger partial charge is 0.147 e. The number of benzene rings is 1. The Morgan fingerprint density at radius 3 is 2.88 bits per heavy atom. The van der Waals surface area contributed by atoms with Gasteiger partial charge in [0.1, 0.15) is 17.4 Å². The Bertz CT molecular complexity index is 405. The van der Waals surface area contributed by atoms with Gasteiger partial charge in [0.15, 0.2) is 0 Å². The van der Waals surface area contributed by atoms with Crippen LogP contribution in [0.25, 0.3) is 0 Å². The molecule has 5 heteroatoms. The fourth-order valence-corrected chi connectivity index (χ4v) is 2.35. The Morgan fingerprint density at radius 2 is 2.25 bits per heavy atom. The first kappa shape index (κ1) is 11.8. The van der Waals surface area contributed by atoms with Gasteiger partial charge in [-0.2, -0.15) is 0 Å². The van der Waals surface area contributed by atoms with Gasteiger partial charge >= 0.3 is 0 Å². The van der Waals surface area contributed by atoms with Crippen LogP contribution in [-0.2, 0) is 6.42 Å². The molecule has 1 aliphatic heterocycles. The molecule has 1 aliphatic rings. The van der Waals surface area contributed by atoms with Crippen LogP contribution in [0.5, 0.6) is 5.75 Å². The van der Waals surface area contributed by atoms with Gasteiger partial charge in [-0.3, -0.25) is 0 Å². The summed E-state index contributed by atoms with van der Waals surface area (Å²) in [6, 6.07) is 0.949. The number of phenolic OH excluding ortho intramolecular Hbond substituents is 1. The molecule has 2 N–H and O–H groups in total. The molecule has 16 heavy (non-hydrogen) atoms. The van der Waals surface area contributed by atoms with Crippen LogP contribution in [0.4, 0.5) is 8.78 Å². The van der Waals surface area contributed by atoms with Crippen LogP contribution in [-0.4, -0.2) is 18.2 Å². The average Bonchev–Trinajstić information content (AvgIpc) is 2.74. The average molecular weight is 292 g/mol. The van der Waals surface area contributed by atoms with E-state index in [4.69, 9.17) is 0 Å². The minimum atomic E-state index is -0.775. The summed E-state index contributed by atoms with van der Waals surface area (Å²) in [5, 5.41) is 12.7. The summed E-state index contributed by atoms with van der Waals surface area (Å²) in [6.45, 7) is 1.73. The van der Waals surface area contributed by atoms with E-state index in [2.05, 4.69) is 21.2 Å². The highest BCUT2D eigenvalue weighted by molar-refractivity contribution is 9.10. The van der Waals surface area contributed by atoms with Crippen LogP contribution in [0.2, 0.25) is 0 Å². The predicted octanol–water partition coefficient (Wildman–Crippen LogP) is 2.58. The van der Waals surface area contributed by atoms with Crippen LogP contribution >= 0.6 is 15.9 Å². The fourth-order valence-electron chi connectivity index (χ4n) is 1.99. The molecule has 1 aromatic carbocycles. The maximum absolute atomic E-state index is 13.7. The summed E-state index contributed by atoms with van der Waals surface area (Å²) in [4.78, 5) is 0. The Balaban J connectivity index is 2.28. The van der Waals surface area contributed by atoms with Crippen LogP contribution < -0.4 is 5.32 Å². The van der Waals surface area contributed by atoms with E-state index in [1.54, 1.807) is 0 Å². The van der Waals surface area contributed by atoms with Crippen molar-refractivity contribution < 1.29 is 13.9 Å². The predicted molar refractivity (Wildman–Crippen MR) is 60.4 cm³/mol. The van der Waals surface area contributed by atoms with Crippen molar-refractivity contribution in [1.29, 1.82) is 0 Å². The van der Waals surface area contributed by atoms with Crippen molar-refractivity contribution in [2.24, 2.45) is 5.92 Å². The van der Waals surface area contributed by atoms with Crippen molar-refractivity contribution in [3.63, 3.8) is 0 Å². The third-order valence-corrected chi connectivity index (χ3v) is 3.62. The van der Waals surface area contributed by atoms with Crippen LogP contribution in [0.1, 0.15) is 12.0 Å². The number of phenols is 1. The molecule has 1 unspecified atom stereocenters. The van der Waals surface area contributed by atoms with Crippen molar-refractivity contribution in [3.05, 3.63) is 27.7 Å². The molecule has 0 amide bonds. The van der Waals surface area contributed by atoms with E-state index >= 15 is 0 Å². The van der Waals surface area contributed by atoms with Gasteiger partial charge in [0.2, 0.25) is 0 Å². The standard InChI is InChI=1S/C11H12BrF2NO/c12-10-8(13)4-9(16)7(11(10)14)3-6-1-2-15-5-6/h4,6,15-16H,1-3,5H2. The first-order chi connectivity index (χ1) is 7.59. The highest BCUT2D eigenvalue weighted by atomic mass is 79.9. The summed E-state index contributed by atoms with van der Waals surface area (Å²) in [5.41, 5.74) is 0.196. The topological polar surface area (TPSA) is 32.3 Å². The van der Waals surface area contributed by atoms with Gasteiger partial charge in [0, 0.05) is 11.6 Å². The van der Waals surface area contributed by atoms with Gasteiger partial charge in [-0.05, 0) is 47.8 Å². The summed E-state index contributed by atoms with van der Waals surface area (Å²) < 4.78 is 26.6.